The molecule has 4 N–H and O–H groups in total. The van der Waals surface area contributed by atoms with Gasteiger partial charge < -0.3 is 15.1 Å². The van der Waals surface area contributed by atoms with Crippen LogP contribution in [0.4, 0.5) is 0 Å². The molecule has 0 atom stereocenters. The lowest BCUT2D eigenvalue weighted by molar-refractivity contribution is -0.386. The van der Waals surface area contributed by atoms with E-state index >= 15 is 0 Å². The van der Waals surface area contributed by atoms with Gasteiger partial charge in [0, 0.05) is 34.0 Å². The third-order valence-corrected chi connectivity index (χ3v) is 5.30. The zero-order valence-electron chi connectivity index (χ0n) is 16.3. The number of quaternary nitrogens is 1. The fourth-order valence-corrected chi connectivity index (χ4v) is 3.70. The van der Waals surface area contributed by atoms with Crippen molar-refractivity contribution in [3.8, 4) is 33.5 Å². The number of nitrogens with zero attached hydrogens (tertiary/aromatic N) is 1. The second-order valence-corrected chi connectivity index (χ2v) is 7.14. The van der Waals surface area contributed by atoms with E-state index in [9.17, 15) is 4.79 Å². The van der Waals surface area contributed by atoms with Gasteiger partial charge in [-0.3, -0.25) is 4.79 Å². The molecule has 3 heterocycles. The Hall–Kier alpha value is -3.96. The number of rotatable bonds is 4. The fourth-order valence-electron chi connectivity index (χ4n) is 3.70. The molecule has 0 aliphatic rings. The molecule has 30 heavy (non-hydrogen) atoms. The SMILES string of the molecule is [NH3+]Cc1ccc(-c2nc3c(-c4ccoc4)c[nH]c(=O)c3cc2-c2ccccc2)cc1. The van der Waals surface area contributed by atoms with Gasteiger partial charge in [-0.2, -0.15) is 0 Å². The highest BCUT2D eigenvalue weighted by Gasteiger charge is 2.16. The van der Waals surface area contributed by atoms with Crippen molar-refractivity contribution in [3.05, 3.63) is 101 Å². The van der Waals surface area contributed by atoms with Crippen molar-refractivity contribution >= 4 is 10.9 Å². The van der Waals surface area contributed by atoms with Gasteiger partial charge in [0.2, 0.25) is 0 Å². The van der Waals surface area contributed by atoms with Crippen LogP contribution < -0.4 is 11.3 Å². The summed E-state index contributed by atoms with van der Waals surface area (Å²) in [6, 6.07) is 22.1. The van der Waals surface area contributed by atoms with E-state index in [1.54, 1.807) is 18.7 Å². The Kier molecular flexibility index (Phi) is 4.50. The van der Waals surface area contributed by atoms with E-state index in [0.717, 1.165) is 45.6 Å². The summed E-state index contributed by atoms with van der Waals surface area (Å²) in [5.41, 5.74) is 11.0. The smallest absolute Gasteiger partial charge is 0.257 e. The Labute approximate surface area is 172 Å². The molecule has 5 nitrogen and oxygen atoms in total. The highest BCUT2D eigenvalue weighted by atomic mass is 16.3. The van der Waals surface area contributed by atoms with Gasteiger partial charge in [0.05, 0.1) is 35.7 Å². The predicted octanol–water partition coefficient (Wildman–Crippen LogP) is 4.26. The third-order valence-electron chi connectivity index (χ3n) is 5.30. The van der Waals surface area contributed by atoms with Crippen molar-refractivity contribution in [3.63, 3.8) is 0 Å². The first kappa shape index (κ1) is 18.1. The van der Waals surface area contributed by atoms with E-state index < -0.39 is 0 Å². The number of hydrogen-bond acceptors (Lipinski definition) is 3. The first-order valence-electron chi connectivity index (χ1n) is 9.77. The second kappa shape index (κ2) is 7.46. The summed E-state index contributed by atoms with van der Waals surface area (Å²) < 4.78 is 5.26. The van der Waals surface area contributed by atoms with E-state index in [1.807, 2.05) is 42.5 Å². The molecule has 5 rings (SSSR count). The molecule has 0 spiro atoms. The monoisotopic (exact) mass is 394 g/mol. The summed E-state index contributed by atoms with van der Waals surface area (Å²) in [6.45, 7) is 0.733. The standard InChI is InChI=1S/C25H19N3O2/c26-13-16-6-8-18(9-7-16)23-20(17-4-2-1-3-5-17)12-21-24(28-23)22(14-27-25(21)29)19-10-11-30-15-19/h1-12,14-15H,13,26H2,(H,27,29)/p+1. The van der Waals surface area contributed by atoms with E-state index in [0.29, 0.717) is 10.9 Å². The number of furan rings is 1. The van der Waals surface area contributed by atoms with Gasteiger partial charge in [-0.05, 0) is 17.7 Å². The van der Waals surface area contributed by atoms with Gasteiger partial charge in [-0.15, -0.1) is 0 Å². The molecule has 0 amide bonds. The average Bonchev–Trinajstić information content (AvgIpc) is 3.34. The molecule has 2 aromatic carbocycles. The van der Waals surface area contributed by atoms with Crippen molar-refractivity contribution in [1.29, 1.82) is 0 Å². The highest BCUT2D eigenvalue weighted by molar-refractivity contribution is 5.98. The van der Waals surface area contributed by atoms with Crippen LogP contribution in [0.3, 0.4) is 0 Å². The lowest BCUT2D eigenvalue weighted by Crippen LogP contribution is -2.47. The Morgan fingerprint density at radius 1 is 0.900 bits per heavy atom. The number of aromatic nitrogens is 2. The minimum absolute atomic E-state index is 0.166. The maximum absolute atomic E-state index is 12.7. The normalized spacial score (nSPS) is 11.1. The fraction of sp³-hybridized carbons (Fsp3) is 0.0400. The molecule has 0 radical (unpaired) electrons. The molecule has 5 aromatic rings. The van der Waals surface area contributed by atoms with Crippen molar-refractivity contribution < 1.29 is 10.2 Å². The lowest BCUT2D eigenvalue weighted by atomic mass is 9.96. The van der Waals surface area contributed by atoms with E-state index in [-0.39, 0.29) is 5.56 Å². The molecule has 0 aliphatic carbocycles. The van der Waals surface area contributed by atoms with Gasteiger partial charge in [0.1, 0.15) is 0 Å². The molecule has 0 saturated heterocycles. The topological polar surface area (TPSA) is 86.5 Å². The van der Waals surface area contributed by atoms with Crippen LogP contribution in [0.15, 0.2) is 94.7 Å². The molecule has 0 bridgehead atoms. The zero-order valence-corrected chi connectivity index (χ0v) is 16.3. The maximum Gasteiger partial charge on any atom is 0.257 e. The first-order chi connectivity index (χ1) is 14.7. The van der Waals surface area contributed by atoms with E-state index in [4.69, 9.17) is 9.40 Å². The molecule has 3 aromatic heterocycles. The second-order valence-electron chi connectivity index (χ2n) is 7.14. The first-order valence-corrected chi connectivity index (χ1v) is 9.77. The van der Waals surface area contributed by atoms with Crippen LogP contribution in [0, 0.1) is 0 Å². The Morgan fingerprint density at radius 2 is 1.70 bits per heavy atom. The van der Waals surface area contributed by atoms with Crippen molar-refractivity contribution in [2.75, 3.05) is 0 Å². The quantitative estimate of drug-likeness (QED) is 0.477. The van der Waals surface area contributed by atoms with E-state index in [2.05, 4.69) is 35.0 Å². The van der Waals surface area contributed by atoms with Crippen LogP contribution in [0.5, 0.6) is 0 Å². The maximum atomic E-state index is 12.7. The van der Waals surface area contributed by atoms with Gasteiger partial charge in [-0.1, -0.05) is 54.6 Å². The zero-order chi connectivity index (χ0) is 20.5. The Balaban J connectivity index is 1.85. The average molecular weight is 394 g/mol. The molecule has 5 heteroatoms. The number of aromatic amines is 1. The van der Waals surface area contributed by atoms with Gasteiger partial charge >= 0.3 is 0 Å². The van der Waals surface area contributed by atoms with Crippen molar-refractivity contribution in [1.82, 2.24) is 9.97 Å². The minimum Gasteiger partial charge on any atom is -0.472 e. The van der Waals surface area contributed by atoms with Crippen LogP contribution >= 0.6 is 0 Å². The molecule has 0 saturated carbocycles. The summed E-state index contributed by atoms with van der Waals surface area (Å²) in [7, 11) is 0. The summed E-state index contributed by atoms with van der Waals surface area (Å²) in [5, 5.41) is 0.547. The summed E-state index contributed by atoms with van der Waals surface area (Å²) in [5.74, 6) is 0. The van der Waals surface area contributed by atoms with Crippen LogP contribution in [-0.2, 0) is 6.54 Å². The van der Waals surface area contributed by atoms with Crippen LogP contribution in [-0.4, -0.2) is 9.97 Å². The van der Waals surface area contributed by atoms with Gasteiger partial charge in [-0.25, -0.2) is 4.98 Å². The molecular formula is C25H20N3O2+. The lowest BCUT2D eigenvalue weighted by Gasteiger charge is -2.13. The van der Waals surface area contributed by atoms with Crippen molar-refractivity contribution in [2.45, 2.75) is 6.54 Å². The number of H-pyrrole nitrogens is 1. The van der Waals surface area contributed by atoms with Gasteiger partial charge in [0.25, 0.3) is 5.56 Å². The Bertz CT molecular complexity index is 1370. The third kappa shape index (κ3) is 3.11. The summed E-state index contributed by atoms with van der Waals surface area (Å²) in [6.07, 6.45) is 4.96. The number of benzene rings is 2. The number of pyridine rings is 2. The number of hydrogen-bond donors (Lipinski definition) is 2. The van der Waals surface area contributed by atoms with Crippen LogP contribution in [0.2, 0.25) is 0 Å². The predicted molar refractivity (Wildman–Crippen MR) is 118 cm³/mol. The molecule has 0 fully saturated rings. The summed E-state index contributed by atoms with van der Waals surface area (Å²) >= 11 is 0. The molecule has 0 unspecified atom stereocenters. The molecular weight excluding hydrogens is 374 g/mol. The van der Waals surface area contributed by atoms with E-state index in [1.165, 1.54) is 0 Å². The minimum atomic E-state index is -0.166. The largest absolute Gasteiger partial charge is 0.472 e. The molecule has 146 valence electrons. The number of fused-ring (bicyclic) bond motifs is 1. The highest BCUT2D eigenvalue weighted by Crippen LogP contribution is 2.35. The number of nitrogens with one attached hydrogen (secondary N) is 1. The van der Waals surface area contributed by atoms with Gasteiger partial charge in [0.15, 0.2) is 0 Å². The molecule has 0 aliphatic heterocycles. The van der Waals surface area contributed by atoms with Crippen LogP contribution in [0.1, 0.15) is 5.56 Å². The summed E-state index contributed by atoms with van der Waals surface area (Å²) in [4.78, 5) is 20.5. The van der Waals surface area contributed by atoms with Crippen LogP contribution in [0.25, 0.3) is 44.4 Å². The van der Waals surface area contributed by atoms with Crippen molar-refractivity contribution in [2.24, 2.45) is 0 Å². The Morgan fingerprint density at radius 3 is 2.40 bits per heavy atom.